The monoisotopic (exact) mass is 397 g/mol. The second kappa shape index (κ2) is 8.89. The highest BCUT2D eigenvalue weighted by Gasteiger charge is 2.23. The van der Waals surface area contributed by atoms with Gasteiger partial charge in [-0.1, -0.05) is 59.7 Å². The topological polar surface area (TPSA) is 47.6 Å². The van der Waals surface area contributed by atoms with E-state index in [2.05, 4.69) is 59.0 Å². The number of hydrogen-bond donors (Lipinski definition) is 1. The van der Waals surface area contributed by atoms with Gasteiger partial charge in [0.2, 0.25) is 0 Å². The molecule has 0 radical (unpaired) electrons. The van der Waals surface area contributed by atoms with Crippen LogP contribution < -0.4 is 14.8 Å². The van der Waals surface area contributed by atoms with Crippen LogP contribution in [0.5, 0.6) is 11.5 Å². The standard InChI is InChI=1S/C25H35NO3/c1-17(2)29-20-11-9-10-19(15-20)26-23(27)16-28-22-13-12-18(24(3,4)5)14-21(22)25(6,7)8/h9-15,17H,16H2,1-8H3,(H,26,27). The number of amides is 1. The van der Waals surface area contributed by atoms with Crippen molar-refractivity contribution >= 4 is 11.6 Å². The van der Waals surface area contributed by atoms with Gasteiger partial charge in [0.1, 0.15) is 11.5 Å². The second-order valence-electron chi connectivity index (χ2n) is 9.74. The highest BCUT2D eigenvalue weighted by atomic mass is 16.5. The average Bonchev–Trinajstić information content (AvgIpc) is 2.58. The molecule has 0 saturated carbocycles. The maximum Gasteiger partial charge on any atom is 0.262 e. The number of benzene rings is 2. The van der Waals surface area contributed by atoms with Gasteiger partial charge < -0.3 is 14.8 Å². The van der Waals surface area contributed by atoms with Crippen molar-refractivity contribution < 1.29 is 14.3 Å². The van der Waals surface area contributed by atoms with Gasteiger partial charge in [-0.05, 0) is 54.0 Å². The normalized spacial score (nSPS) is 12.0. The molecular weight excluding hydrogens is 362 g/mol. The van der Waals surface area contributed by atoms with Crippen molar-refractivity contribution in [3.05, 3.63) is 53.6 Å². The molecule has 0 saturated heterocycles. The molecule has 1 N–H and O–H groups in total. The summed E-state index contributed by atoms with van der Waals surface area (Å²) in [5.74, 6) is 1.27. The van der Waals surface area contributed by atoms with Gasteiger partial charge in [-0.15, -0.1) is 0 Å². The Morgan fingerprint density at radius 1 is 0.966 bits per heavy atom. The van der Waals surface area contributed by atoms with Crippen LogP contribution in [0.2, 0.25) is 0 Å². The molecule has 0 fully saturated rings. The molecule has 0 bridgehead atoms. The molecule has 0 spiro atoms. The van der Waals surface area contributed by atoms with E-state index in [0.29, 0.717) is 5.69 Å². The zero-order valence-corrected chi connectivity index (χ0v) is 19.1. The summed E-state index contributed by atoms with van der Waals surface area (Å²) in [6, 6.07) is 13.6. The van der Waals surface area contributed by atoms with Gasteiger partial charge in [0.25, 0.3) is 5.91 Å². The Hall–Kier alpha value is -2.49. The number of ether oxygens (including phenoxy) is 2. The van der Waals surface area contributed by atoms with Crippen LogP contribution in [-0.4, -0.2) is 18.6 Å². The van der Waals surface area contributed by atoms with Gasteiger partial charge in [-0.3, -0.25) is 4.79 Å². The Labute approximate surface area is 175 Å². The van der Waals surface area contributed by atoms with Crippen molar-refractivity contribution in [3.8, 4) is 11.5 Å². The molecule has 2 aromatic carbocycles. The van der Waals surface area contributed by atoms with Gasteiger partial charge in [-0.25, -0.2) is 0 Å². The van der Waals surface area contributed by atoms with E-state index < -0.39 is 0 Å². The lowest BCUT2D eigenvalue weighted by molar-refractivity contribution is -0.118. The molecule has 0 aliphatic carbocycles. The Morgan fingerprint density at radius 2 is 1.66 bits per heavy atom. The van der Waals surface area contributed by atoms with Crippen LogP contribution in [-0.2, 0) is 15.6 Å². The van der Waals surface area contributed by atoms with E-state index in [0.717, 1.165) is 17.1 Å². The molecule has 0 aliphatic rings. The van der Waals surface area contributed by atoms with Crippen molar-refractivity contribution in [2.75, 3.05) is 11.9 Å². The lowest BCUT2D eigenvalue weighted by atomic mass is 9.80. The van der Waals surface area contributed by atoms with E-state index in [9.17, 15) is 4.79 Å². The van der Waals surface area contributed by atoms with Gasteiger partial charge in [0.15, 0.2) is 6.61 Å². The Morgan fingerprint density at radius 3 is 2.24 bits per heavy atom. The van der Waals surface area contributed by atoms with Crippen molar-refractivity contribution in [3.63, 3.8) is 0 Å². The van der Waals surface area contributed by atoms with Crippen LogP contribution in [0, 0.1) is 0 Å². The molecule has 0 aromatic heterocycles. The molecule has 0 heterocycles. The summed E-state index contributed by atoms with van der Waals surface area (Å²) in [6.45, 7) is 16.9. The van der Waals surface area contributed by atoms with Gasteiger partial charge in [0, 0.05) is 11.8 Å². The van der Waals surface area contributed by atoms with Crippen molar-refractivity contribution in [2.45, 2.75) is 72.3 Å². The predicted molar refractivity (Wildman–Crippen MR) is 120 cm³/mol. The van der Waals surface area contributed by atoms with E-state index in [1.807, 2.05) is 44.2 Å². The zero-order chi connectivity index (χ0) is 21.8. The summed E-state index contributed by atoms with van der Waals surface area (Å²) in [7, 11) is 0. The van der Waals surface area contributed by atoms with Crippen molar-refractivity contribution in [1.29, 1.82) is 0 Å². The molecule has 158 valence electrons. The van der Waals surface area contributed by atoms with Gasteiger partial charge in [-0.2, -0.15) is 0 Å². The van der Waals surface area contributed by atoms with Crippen LogP contribution in [0.3, 0.4) is 0 Å². The maximum absolute atomic E-state index is 12.4. The number of nitrogens with one attached hydrogen (secondary N) is 1. The lowest BCUT2D eigenvalue weighted by Gasteiger charge is -2.27. The van der Waals surface area contributed by atoms with Crippen LogP contribution in [0.1, 0.15) is 66.5 Å². The fraction of sp³-hybridized carbons (Fsp3) is 0.480. The zero-order valence-electron chi connectivity index (χ0n) is 19.1. The summed E-state index contributed by atoms with van der Waals surface area (Å²) >= 11 is 0. The quantitative estimate of drug-likeness (QED) is 0.642. The highest BCUT2D eigenvalue weighted by molar-refractivity contribution is 5.92. The fourth-order valence-corrected chi connectivity index (χ4v) is 2.97. The minimum Gasteiger partial charge on any atom is -0.491 e. The first-order valence-electron chi connectivity index (χ1n) is 10.2. The summed E-state index contributed by atoms with van der Waals surface area (Å²) in [5, 5.41) is 2.88. The number of carbonyl (C=O) groups is 1. The van der Waals surface area contributed by atoms with Crippen molar-refractivity contribution in [1.82, 2.24) is 0 Å². The van der Waals surface area contributed by atoms with E-state index in [4.69, 9.17) is 9.47 Å². The van der Waals surface area contributed by atoms with E-state index in [1.54, 1.807) is 0 Å². The van der Waals surface area contributed by atoms with Crippen LogP contribution in [0.25, 0.3) is 0 Å². The molecule has 4 nitrogen and oxygen atoms in total. The van der Waals surface area contributed by atoms with E-state index in [-0.39, 0.29) is 29.4 Å². The summed E-state index contributed by atoms with van der Waals surface area (Å²) < 4.78 is 11.6. The van der Waals surface area contributed by atoms with Gasteiger partial charge >= 0.3 is 0 Å². The third-order valence-corrected chi connectivity index (χ3v) is 4.50. The minimum atomic E-state index is -0.202. The van der Waals surface area contributed by atoms with E-state index >= 15 is 0 Å². The molecule has 1 amide bonds. The first-order chi connectivity index (χ1) is 13.4. The number of anilines is 1. The average molecular weight is 398 g/mol. The molecule has 4 heteroatoms. The molecule has 0 atom stereocenters. The molecular formula is C25H35NO3. The minimum absolute atomic E-state index is 0.0484. The summed E-state index contributed by atoms with van der Waals surface area (Å²) in [5.41, 5.74) is 3.01. The maximum atomic E-state index is 12.4. The fourth-order valence-electron chi connectivity index (χ4n) is 2.97. The van der Waals surface area contributed by atoms with Gasteiger partial charge in [0.05, 0.1) is 6.10 Å². The molecule has 2 rings (SSSR count). The predicted octanol–water partition coefficient (Wildman–Crippen LogP) is 6.09. The van der Waals surface area contributed by atoms with Crippen molar-refractivity contribution in [2.24, 2.45) is 0 Å². The van der Waals surface area contributed by atoms with Crippen LogP contribution in [0.4, 0.5) is 5.69 Å². The molecule has 29 heavy (non-hydrogen) atoms. The van der Waals surface area contributed by atoms with Crippen LogP contribution in [0.15, 0.2) is 42.5 Å². The van der Waals surface area contributed by atoms with E-state index in [1.165, 1.54) is 5.56 Å². The highest BCUT2D eigenvalue weighted by Crippen LogP contribution is 2.35. The number of rotatable bonds is 6. The van der Waals surface area contributed by atoms with Crippen LogP contribution >= 0.6 is 0 Å². The molecule has 2 aromatic rings. The largest absolute Gasteiger partial charge is 0.491 e. The summed E-state index contributed by atoms with van der Waals surface area (Å²) in [4.78, 5) is 12.4. The Bertz CT molecular complexity index is 842. The number of hydrogen-bond acceptors (Lipinski definition) is 3. The third kappa shape index (κ3) is 6.81. The summed E-state index contributed by atoms with van der Waals surface area (Å²) in [6.07, 6.45) is 0.0798. The molecule has 0 aliphatic heterocycles. The molecule has 0 unspecified atom stereocenters. The SMILES string of the molecule is CC(C)Oc1cccc(NC(=O)COc2ccc(C(C)(C)C)cc2C(C)(C)C)c1. The lowest BCUT2D eigenvalue weighted by Crippen LogP contribution is -2.22. The smallest absolute Gasteiger partial charge is 0.262 e. The first kappa shape index (κ1) is 22.8. The number of carbonyl (C=O) groups excluding carboxylic acids is 1. The third-order valence-electron chi connectivity index (χ3n) is 4.50. The first-order valence-corrected chi connectivity index (χ1v) is 10.2. The Kier molecular flexibility index (Phi) is 6.99. The second-order valence-corrected chi connectivity index (χ2v) is 9.74. The Balaban J connectivity index is 2.10.